The first kappa shape index (κ1) is 14.7. The highest BCUT2D eigenvalue weighted by Crippen LogP contribution is 2.23. The molecule has 0 radical (unpaired) electrons. The molecule has 4 nitrogen and oxygen atoms in total. The standard InChI is InChI=1S/C14H22N2O2/c1-14(2,3)11-4-6-12(7-5-11)16-13(18)10-15-8-9-17/h4-7,15,17H,8-10H2,1-3H3,(H,16,18). The van der Waals surface area contributed by atoms with Gasteiger partial charge in [-0.15, -0.1) is 0 Å². The summed E-state index contributed by atoms with van der Waals surface area (Å²) in [4.78, 5) is 11.5. The quantitative estimate of drug-likeness (QED) is 0.694. The van der Waals surface area contributed by atoms with Gasteiger partial charge in [0.15, 0.2) is 0 Å². The van der Waals surface area contributed by atoms with Crippen LogP contribution in [0.5, 0.6) is 0 Å². The Bertz CT molecular complexity index is 380. The minimum absolute atomic E-state index is 0.0353. The average Bonchev–Trinajstić information content (AvgIpc) is 2.29. The molecule has 18 heavy (non-hydrogen) atoms. The van der Waals surface area contributed by atoms with E-state index in [-0.39, 0.29) is 24.5 Å². The van der Waals surface area contributed by atoms with Crippen LogP contribution in [0.3, 0.4) is 0 Å². The molecule has 0 atom stereocenters. The Morgan fingerprint density at radius 2 is 1.83 bits per heavy atom. The molecule has 0 saturated heterocycles. The van der Waals surface area contributed by atoms with Gasteiger partial charge in [0.2, 0.25) is 5.91 Å². The second kappa shape index (κ2) is 6.52. The van der Waals surface area contributed by atoms with Crippen molar-refractivity contribution in [3.8, 4) is 0 Å². The van der Waals surface area contributed by atoms with Crippen molar-refractivity contribution >= 4 is 11.6 Å². The maximum absolute atomic E-state index is 11.5. The number of carbonyl (C=O) groups is 1. The van der Waals surface area contributed by atoms with Gasteiger partial charge in [-0.2, -0.15) is 0 Å². The molecule has 3 N–H and O–H groups in total. The number of aliphatic hydroxyl groups excluding tert-OH is 1. The molecule has 0 heterocycles. The van der Waals surface area contributed by atoms with Crippen LogP contribution in [0.25, 0.3) is 0 Å². The lowest BCUT2D eigenvalue weighted by molar-refractivity contribution is -0.115. The number of hydrogen-bond donors (Lipinski definition) is 3. The van der Waals surface area contributed by atoms with Gasteiger partial charge in [0, 0.05) is 12.2 Å². The summed E-state index contributed by atoms with van der Waals surface area (Å²) < 4.78 is 0. The van der Waals surface area contributed by atoms with Gasteiger partial charge in [-0.25, -0.2) is 0 Å². The van der Waals surface area contributed by atoms with E-state index in [0.717, 1.165) is 5.69 Å². The molecule has 4 heteroatoms. The molecule has 0 bridgehead atoms. The summed E-state index contributed by atoms with van der Waals surface area (Å²) in [5, 5.41) is 14.2. The van der Waals surface area contributed by atoms with Crippen molar-refractivity contribution in [2.45, 2.75) is 26.2 Å². The maximum Gasteiger partial charge on any atom is 0.238 e. The normalized spacial score (nSPS) is 11.3. The van der Waals surface area contributed by atoms with Gasteiger partial charge in [0.1, 0.15) is 0 Å². The van der Waals surface area contributed by atoms with Crippen LogP contribution in [0.2, 0.25) is 0 Å². The van der Waals surface area contributed by atoms with E-state index in [1.165, 1.54) is 5.56 Å². The molecule has 1 rings (SSSR count). The third-order valence-corrected chi connectivity index (χ3v) is 2.61. The van der Waals surface area contributed by atoms with Crippen LogP contribution in [0, 0.1) is 0 Å². The number of amides is 1. The molecule has 1 amide bonds. The molecule has 0 aliphatic rings. The fourth-order valence-corrected chi connectivity index (χ4v) is 1.54. The summed E-state index contributed by atoms with van der Waals surface area (Å²) in [7, 11) is 0. The zero-order chi connectivity index (χ0) is 13.6. The number of rotatable bonds is 5. The largest absolute Gasteiger partial charge is 0.395 e. The fraction of sp³-hybridized carbons (Fsp3) is 0.500. The van der Waals surface area contributed by atoms with Crippen molar-refractivity contribution in [2.75, 3.05) is 25.0 Å². The molecule has 0 unspecified atom stereocenters. The predicted octanol–water partition coefficient (Wildman–Crippen LogP) is 1.50. The fourth-order valence-electron chi connectivity index (χ4n) is 1.54. The first-order valence-electron chi connectivity index (χ1n) is 6.15. The van der Waals surface area contributed by atoms with Crippen LogP contribution >= 0.6 is 0 Å². The number of benzene rings is 1. The highest BCUT2D eigenvalue weighted by molar-refractivity contribution is 5.92. The zero-order valence-corrected chi connectivity index (χ0v) is 11.3. The van der Waals surface area contributed by atoms with Crippen molar-refractivity contribution in [3.63, 3.8) is 0 Å². The minimum atomic E-state index is -0.105. The molecule has 0 spiro atoms. The van der Waals surface area contributed by atoms with E-state index >= 15 is 0 Å². The molecule has 0 saturated carbocycles. The van der Waals surface area contributed by atoms with Crippen LogP contribution in [-0.2, 0) is 10.2 Å². The van der Waals surface area contributed by atoms with Crippen molar-refractivity contribution in [3.05, 3.63) is 29.8 Å². The molecule has 0 fully saturated rings. The Kier molecular flexibility index (Phi) is 5.31. The van der Waals surface area contributed by atoms with E-state index in [9.17, 15) is 4.79 Å². The lowest BCUT2D eigenvalue weighted by Gasteiger charge is -2.19. The van der Waals surface area contributed by atoms with E-state index in [1.807, 2.05) is 24.3 Å². The molecule has 0 aliphatic carbocycles. The van der Waals surface area contributed by atoms with Crippen LogP contribution < -0.4 is 10.6 Å². The minimum Gasteiger partial charge on any atom is -0.395 e. The van der Waals surface area contributed by atoms with E-state index in [1.54, 1.807) is 0 Å². The average molecular weight is 250 g/mol. The molecule has 100 valence electrons. The SMILES string of the molecule is CC(C)(C)c1ccc(NC(=O)CNCCO)cc1. The molecule has 1 aromatic carbocycles. The Hall–Kier alpha value is -1.39. The van der Waals surface area contributed by atoms with Crippen molar-refractivity contribution in [1.29, 1.82) is 0 Å². The molecule has 0 aliphatic heterocycles. The van der Waals surface area contributed by atoms with Crippen LogP contribution in [0.4, 0.5) is 5.69 Å². The van der Waals surface area contributed by atoms with E-state index in [0.29, 0.717) is 6.54 Å². The Morgan fingerprint density at radius 3 is 2.33 bits per heavy atom. The highest BCUT2D eigenvalue weighted by atomic mass is 16.3. The van der Waals surface area contributed by atoms with Crippen molar-refractivity contribution in [1.82, 2.24) is 5.32 Å². The summed E-state index contributed by atoms with van der Waals surface area (Å²) in [6, 6.07) is 7.86. The molecule has 0 aromatic heterocycles. The van der Waals surface area contributed by atoms with Gasteiger partial charge in [-0.05, 0) is 23.1 Å². The van der Waals surface area contributed by atoms with E-state index < -0.39 is 0 Å². The second-order valence-electron chi connectivity index (χ2n) is 5.28. The maximum atomic E-state index is 11.5. The summed E-state index contributed by atoms with van der Waals surface area (Å²) in [5.74, 6) is -0.105. The smallest absolute Gasteiger partial charge is 0.238 e. The van der Waals surface area contributed by atoms with Gasteiger partial charge < -0.3 is 15.7 Å². The lowest BCUT2D eigenvalue weighted by atomic mass is 9.87. The van der Waals surface area contributed by atoms with Crippen LogP contribution in [0.15, 0.2) is 24.3 Å². The first-order chi connectivity index (χ1) is 8.43. The zero-order valence-electron chi connectivity index (χ0n) is 11.3. The van der Waals surface area contributed by atoms with Gasteiger partial charge >= 0.3 is 0 Å². The Balaban J connectivity index is 2.51. The Morgan fingerprint density at radius 1 is 1.22 bits per heavy atom. The second-order valence-corrected chi connectivity index (χ2v) is 5.28. The lowest BCUT2D eigenvalue weighted by Crippen LogP contribution is -2.29. The number of aliphatic hydroxyl groups is 1. The van der Waals surface area contributed by atoms with Crippen LogP contribution in [-0.4, -0.2) is 30.7 Å². The van der Waals surface area contributed by atoms with E-state index in [4.69, 9.17) is 5.11 Å². The summed E-state index contributed by atoms with van der Waals surface area (Å²) >= 11 is 0. The first-order valence-corrected chi connectivity index (χ1v) is 6.15. The van der Waals surface area contributed by atoms with Gasteiger partial charge in [-0.1, -0.05) is 32.9 Å². The monoisotopic (exact) mass is 250 g/mol. The molecular weight excluding hydrogens is 228 g/mol. The van der Waals surface area contributed by atoms with E-state index in [2.05, 4.69) is 31.4 Å². The van der Waals surface area contributed by atoms with Gasteiger partial charge in [0.25, 0.3) is 0 Å². The number of hydrogen-bond acceptors (Lipinski definition) is 3. The topological polar surface area (TPSA) is 61.4 Å². The summed E-state index contributed by atoms with van der Waals surface area (Å²) in [5.41, 5.74) is 2.14. The van der Waals surface area contributed by atoms with Gasteiger partial charge in [0.05, 0.1) is 13.2 Å². The number of nitrogens with one attached hydrogen (secondary N) is 2. The van der Waals surface area contributed by atoms with Gasteiger partial charge in [-0.3, -0.25) is 4.79 Å². The third-order valence-electron chi connectivity index (χ3n) is 2.61. The Labute approximate surface area is 108 Å². The summed E-state index contributed by atoms with van der Waals surface area (Å²) in [6.07, 6.45) is 0. The third kappa shape index (κ3) is 4.85. The summed E-state index contributed by atoms with van der Waals surface area (Å²) in [6.45, 7) is 7.13. The molecule has 1 aromatic rings. The van der Waals surface area contributed by atoms with Crippen molar-refractivity contribution < 1.29 is 9.90 Å². The van der Waals surface area contributed by atoms with Crippen LogP contribution in [0.1, 0.15) is 26.3 Å². The number of carbonyl (C=O) groups excluding carboxylic acids is 1. The highest BCUT2D eigenvalue weighted by Gasteiger charge is 2.13. The predicted molar refractivity (Wildman–Crippen MR) is 73.7 cm³/mol. The number of anilines is 1. The van der Waals surface area contributed by atoms with Crippen molar-refractivity contribution in [2.24, 2.45) is 0 Å². The molecular formula is C14H22N2O2.